The summed E-state index contributed by atoms with van der Waals surface area (Å²) in [5, 5.41) is 27.8. The normalized spacial score (nSPS) is 11.0. The number of fused-ring (bicyclic) bond motifs is 1. The number of pyridine rings is 1. The molecule has 0 spiro atoms. The Labute approximate surface area is 144 Å². The Bertz CT molecular complexity index is 954. The van der Waals surface area contributed by atoms with E-state index in [-0.39, 0.29) is 21.5 Å². The lowest BCUT2D eigenvalue weighted by atomic mass is 10.2. The number of para-hydroxylation sites is 1. The summed E-state index contributed by atoms with van der Waals surface area (Å²) in [5.41, 5.74) is 4.14. The third kappa shape index (κ3) is 3.18. The quantitative estimate of drug-likeness (QED) is 0.420. The molecule has 120 valence electrons. The molecule has 1 aromatic heterocycles. The van der Waals surface area contributed by atoms with E-state index in [1.165, 1.54) is 18.3 Å². The number of nitro groups is 1. The molecule has 0 amide bonds. The second-order valence-electron chi connectivity index (χ2n) is 4.85. The zero-order valence-corrected chi connectivity index (χ0v) is 13.7. The number of benzene rings is 2. The molecule has 1 N–H and O–H groups in total. The fourth-order valence-corrected chi connectivity index (χ4v) is 2.63. The number of nitrogens with zero attached hydrogens (tertiary/aromatic N) is 3. The predicted octanol–water partition coefficient (Wildman–Crippen LogP) is 3.43. The van der Waals surface area contributed by atoms with Crippen LogP contribution < -0.4 is 10.5 Å². The second kappa shape index (κ2) is 6.63. The van der Waals surface area contributed by atoms with Crippen molar-refractivity contribution in [2.75, 3.05) is 5.43 Å². The van der Waals surface area contributed by atoms with E-state index in [1.807, 2.05) is 24.3 Å². The molecule has 0 saturated carbocycles. The summed E-state index contributed by atoms with van der Waals surface area (Å²) in [5.74, 6) is -0.373. The number of halogens is 1. The van der Waals surface area contributed by atoms with E-state index >= 15 is 0 Å². The van der Waals surface area contributed by atoms with Gasteiger partial charge in [-0.1, -0.05) is 39.9 Å². The van der Waals surface area contributed by atoms with Crippen LogP contribution in [0.2, 0.25) is 0 Å². The Morgan fingerprint density at radius 1 is 1.25 bits per heavy atom. The van der Waals surface area contributed by atoms with Gasteiger partial charge in [-0.05, 0) is 17.7 Å². The monoisotopic (exact) mass is 385 g/mol. The van der Waals surface area contributed by atoms with E-state index in [2.05, 4.69) is 31.4 Å². The summed E-state index contributed by atoms with van der Waals surface area (Å²) < 4.78 is 0.116. The number of hydrogen-bond donors (Lipinski definition) is 1. The van der Waals surface area contributed by atoms with Gasteiger partial charge in [-0.3, -0.25) is 20.5 Å². The van der Waals surface area contributed by atoms with Crippen LogP contribution in [-0.2, 0) is 0 Å². The van der Waals surface area contributed by atoms with Crippen molar-refractivity contribution in [3.8, 4) is 5.75 Å². The van der Waals surface area contributed by atoms with Crippen LogP contribution >= 0.6 is 15.9 Å². The van der Waals surface area contributed by atoms with Crippen LogP contribution in [0.5, 0.6) is 5.75 Å². The van der Waals surface area contributed by atoms with Crippen LogP contribution in [0, 0.1) is 10.1 Å². The van der Waals surface area contributed by atoms with Crippen molar-refractivity contribution in [1.29, 1.82) is 0 Å². The highest BCUT2D eigenvalue weighted by Gasteiger charge is 2.09. The molecule has 0 bridgehead atoms. The topological polar surface area (TPSA) is 103 Å². The molecule has 0 aliphatic carbocycles. The average molecular weight is 386 g/mol. The van der Waals surface area contributed by atoms with E-state index in [0.717, 1.165) is 10.9 Å². The van der Waals surface area contributed by atoms with Gasteiger partial charge >= 0.3 is 0 Å². The molecule has 3 aromatic rings. The largest absolute Gasteiger partial charge is 0.871 e. The Kier molecular flexibility index (Phi) is 4.39. The van der Waals surface area contributed by atoms with E-state index in [1.54, 1.807) is 12.3 Å². The highest BCUT2D eigenvalue weighted by Crippen LogP contribution is 2.29. The maximum atomic E-state index is 12.0. The van der Waals surface area contributed by atoms with Crippen LogP contribution in [-0.4, -0.2) is 16.1 Å². The third-order valence-electron chi connectivity index (χ3n) is 3.29. The van der Waals surface area contributed by atoms with E-state index < -0.39 is 4.92 Å². The van der Waals surface area contributed by atoms with E-state index in [0.29, 0.717) is 5.69 Å². The lowest BCUT2D eigenvalue weighted by molar-refractivity contribution is -0.385. The zero-order valence-electron chi connectivity index (χ0n) is 12.1. The number of nitrogens with one attached hydrogen (secondary N) is 1. The summed E-state index contributed by atoms with van der Waals surface area (Å²) in [7, 11) is 0. The molecule has 7 nitrogen and oxygen atoms in total. The number of non-ortho nitro benzene ring substituents is 1. The molecule has 2 aromatic carbocycles. The molecule has 0 aliphatic heterocycles. The van der Waals surface area contributed by atoms with Crippen molar-refractivity contribution >= 4 is 44.4 Å². The summed E-state index contributed by atoms with van der Waals surface area (Å²) in [4.78, 5) is 14.6. The van der Waals surface area contributed by atoms with Crippen LogP contribution in [0.25, 0.3) is 10.9 Å². The lowest BCUT2D eigenvalue weighted by Crippen LogP contribution is -2.01. The zero-order chi connectivity index (χ0) is 17.1. The fraction of sp³-hybridized carbons (Fsp3) is 0. The Morgan fingerprint density at radius 2 is 2.04 bits per heavy atom. The van der Waals surface area contributed by atoms with Gasteiger partial charge in [0, 0.05) is 28.2 Å². The van der Waals surface area contributed by atoms with E-state index in [4.69, 9.17) is 0 Å². The molecule has 0 saturated heterocycles. The van der Waals surface area contributed by atoms with Crippen LogP contribution in [0.3, 0.4) is 0 Å². The number of hydrazone groups is 1. The predicted molar refractivity (Wildman–Crippen MR) is 93.2 cm³/mol. The average Bonchev–Trinajstić information content (AvgIpc) is 2.58. The lowest BCUT2D eigenvalue weighted by Gasteiger charge is -2.12. The molecule has 0 atom stereocenters. The first-order valence-electron chi connectivity index (χ1n) is 6.84. The smallest absolute Gasteiger partial charge is 0.271 e. The number of nitro benzene ring substituents is 1. The van der Waals surface area contributed by atoms with Gasteiger partial charge in [0.15, 0.2) is 0 Å². The minimum Gasteiger partial charge on any atom is -0.871 e. The highest BCUT2D eigenvalue weighted by atomic mass is 79.9. The van der Waals surface area contributed by atoms with Crippen LogP contribution in [0.4, 0.5) is 11.4 Å². The molecule has 8 heteroatoms. The number of anilines is 1. The van der Waals surface area contributed by atoms with Crippen molar-refractivity contribution in [3.05, 3.63) is 68.8 Å². The molecule has 0 fully saturated rings. The van der Waals surface area contributed by atoms with Gasteiger partial charge in [0.2, 0.25) is 0 Å². The summed E-state index contributed by atoms with van der Waals surface area (Å²) in [6.07, 6.45) is 2.92. The first-order chi connectivity index (χ1) is 11.6. The van der Waals surface area contributed by atoms with E-state index in [9.17, 15) is 15.2 Å². The molecular weight excluding hydrogens is 376 g/mol. The fourth-order valence-electron chi connectivity index (χ4n) is 2.17. The Morgan fingerprint density at radius 3 is 2.83 bits per heavy atom. The van der Waals surface area contributed by atoms with Crippen LogP contribution in [0.1, 0.15) is 5.56 Å². The molecule has 3 rings (SSSR count). The van der Waals surface area contributed by atoms with Crippen molar-refractivity contribution in [2.24, 2.45) is 5.10 Å². The maximum Gasteiger partial charge on any atom is 0.271 e. The maximum absolute atomic E-state index is 12.0. The van der Waals surface area contributed by atoms with Gasteiger partial charge < -0.3 is 5.11 Å². The van der Waals surface area contributed by atoms with Gasteiger partial charge in [-0.25, -0.2) is 0 Å². The van der Waals surface area contributed by atoms with Gasteiger partial charge in [0.25, 0.3) is 5.69 Å². The standard InChI is InChI=1S/C16H11BrN4O3/c17-13-8-12(21(23)24)7-11(16(13)22)9-19-20-14-5-1-3-10-4-2-6-18-15(10)14/h1-9,20,22H/p-1/b19-9-. The number of aromatic nitrogens is 1. The van der Waals surface area contributed by atoms with Gasteiger partial charge in [-0.2, -0.15) is 5.10 Å². The summed E-state index contributed by atoms with van der Waals surface area (Å²) >= 11 is 3.03. The van der Waals surface area contributed by atoms with Crippen molar-refractivity contribution < 1.29 is 10.0 Å². The molecule has 24 heavy (non-hydrogen) atoms. The number of hydrogen-bond acceptors (Lipinski definition) is 6. The second-order valence-corrected chi connectivity index (χ2v) is 5.71. The summed E-state index contributed by atoms with van der Waals surface area (Å²) in [6.45, 7) is 0. The summed E-state index contributed by atoms with van der Waals surface area (Å²) in [6, 6.07) is 11.7. The van der Waals surface area contributed by atoms with Gasteiger partial charge in [-0.15, -0.1) is 0 Å². The third-order valence-corrected chi connectivity index (χ3v) is 3.88. The van der Waals surface area contributed by atoms with Crippen molar-refractivity contribution in [1.82, 2.24) is 4.98 Å². The Balaban J connectivity index is 1.90. The first-order valence-corrected chi connectivity index (χ1v) is 7.63. The SMILES string of the molecule is O=[N+]([O-])c1cc(Br)c([O-])c(/C=N\Nc2cccc3cccnc23)c1. The molecular formula is C16H10BrN4O3-. The number of rotatable bonds is 4. The van der Waals surface area contributed by atoms with Crippen molar-refractivity contribution in [3.63, 3.8) is 0 Å². The molecule has 0 radical (unpaired) electrons. The first kappa shape index (κ1) is 15.9. The Hall–Kier alpha value is -3.00. The van der Waals surface area contributed by atoms with Gasteiger partial charge in [0.05, 0.1) is 22.3 Å². The highest BCUT2D eigenvalue weighted by molar-refractivity contribution is 9.10. The molecule has 0 unspecified atom stereocenters. The van der Waals surface area contributed by atoms with Crippen molar-refractivity contribution in [2.45, 2.75) is 0 Å². The van der Waals surface area contributed by atoms with Gasteiger partial charge in [0.1, 0.15) is 0 Å². The molecule has 0 aliphatic rings. The molecule has 1 heterocycles. The minimum atomic E-state index is -0.566. The van der Waals surface area contributed by atoms with Crippen LogP contribution in [0.15, 0.2) is 58.2 Å². The minimum absolute atomic E-state index is 0.108.